The molecule has 1 aliphatic heterocycles. The van der Waals surface area contributed by atoms with Gasteiger partial charge < -0.3 is 15.1 Å². The lowest BCUT2D eigenvalue weighted by molar-refractivity contribution is -0.133. The van der Waals surface area contributed by atoms with Crippen molar-refractivity contribution in [3.8, 4) is 0 Å². The molecule has 0 aromatic heterocycles. The number of carbonyl (C=O) groups excluding carboxylic acids is 3. The second kappa shape index (κ2) is 9.32. The zero-order chi connectivity index (χ0) is 20.8. The van der Waals surface area contributed by atoms with E-state index in [1.165, 1.54) is 19.1 Å². The van der Waals surface area contributed by atoms with Gasteiger partial charge in [-0.05, 0) is 43.3 Å². The van der Waals surface area contributed by atoms with Crippen molar-refractivity contribution < 1.29 is 18.8 Å². The molecule has 152 valence electrons. The first-order valence-electron chi connectivity index (χ1n) is 9.61. The van der Waals surface area contributed by atoms with E-state index in [-0.39, 0.29) is 36.3 Å². The summed E-state index contributed by atoms with van der Waals surface area (Å²) in [5.74, 6) is -0.662. The molecule has 0 saturated carbocycles. The van der Waals surface area contributed by atoms with Gasteiger partial charge in [0.05, 0.1) is 0 Å². The van der Waals surface area contributed by atoms with Gasteiger partial charge in [-0.1, -0.05) is 12.1 Å². The summed E-state index contributed by atoms with van der Waals surface area (Å²) in [6, 6.07) is 13.1. The number of piperazine rings is 1. The SMILES string of the molecule is CC(=O)c1cccc(NC(=O)CCC(=O)N2CCN(c3ccc(F)cc3)CC2)c1. The third-order valence-electron chi connectivity index (χ3n) is 4.94. The van der Waals surface area contributed by atoms with E-state index in [1.807, 2.05) is 0 Å². The van der Waals surface area contributed by atoms with Crippen molar-refractivity contribution in [1.29, 1.82) is 0 Å². The summed E-state index contributed by atoms with van der Waals surface area (Å²) < 4.78 is 13.0. The van der Waals surface area contributed by atoms with Crippen LogP contribution >= 0.6 is 0 Å². The molecule has 2 aromatic rings. The van der Waals surface area contributed by atoms with Crippen LogP contribution in [0.25, 0.3) is 0 Å². The Morgan fingerprint density at radius 1 is 0.966 bits per heavy atom. The zero-order valence-corrected chi connectivity index (χ0v) is 16.4. The Morgan fingerprint density at radius 3 is 2.31 bits per heavy atom. The Balaban J connectivity index is 1.44. The van der Waals surface area contributed by atoms with Gasteiger partial charge in [0.1, 0.15) is 5.82 Å². The minimum Gasteiger partial charge on any atom is -0.368 e. The smallest absolute Gasteiger partial charge is 0.224 e. The predicted molar refractivity (Wildman–Crippen MR) is 110 cm³/mol. The Hall–Kier alpha value is -3.22. The zero-order valence-electron chi connectivity index (χ0n) is 16.4. The molecule has 1 saturated heterocycles. The minimum atomic E-state index is -0.270. The lowest BCUT2D eigenvalue weighted by Gasteiger charge is -2.36. The number of ketones is 1. The minimum absolute atomic E-state index is 0.0589. The van der Waals surface area contributed by atoms with E-state index in [4.69, 9.17) is 0 Å². The molecule has 0 spiro atoms. The molecule has 0 radical (unpaired) electrons. The van der Waals surface area contributed by atoms with E-state index >= 15 is 0 Å². The third-order valence-corrected chi connectivity index (χ3v) is 4.94. The molecule has 1 N–H and O–H groups in total. The molecular formula is C22H24FN3O3. The van der Waals surface area contributed by atoms with Crippen molar-refractivity contribution in [2.75, 3.05) is 36.4 Å². The predicted octanol–water partition coefficient (Wildman–Crippen LogP) is 3.10. The van der Waals surface area contributed by atoms with Crippen molar-refractivity contribution in [2.45, 2.75) is 19.8 Å². The van der Waals surface area contributed by atoms with Crippen LogP contribution in [-0.2, 0) is 9.59 Å². The van der Waals surface area contributed by atoms with Gasteiger partial charge in [-0.3, -0.25) is 14.4 Å². The number of benzene rings is 2. The van der Waals surface area contributed by atoms with Gasteiger partial charge in [0.15, 0.2) is 5.78 Å². The molecule has 2 aromatic carbocycles. The number of hydrogen-bond donors (Lipinski definition) is 1. The fourth-order valence-corrected chi connectivity index (χ4v) is 3.28. The average molecular weight is 397 g/mol. The van der Waals surface area contributed by atoms with Gasteiger partial charge in [-0.25, -0.2) is 4.39 Å². The van der Waals surface area contributed by atoms with Gasteiger partial charge >= 0.3 is 0 Å². The van der Waals surface area contributed by atoms with Crippen LogP contribution in [0.5, 0.6) is 0 Å². The number of hydrogen-bond acceptors (Lipinski definition) is 4. The maximum atomic E-state index is 13.0. The second-order valence-corrected chi connectivity index (χ2v) is 7.03. The molecule has 1 aliphatic rings. The van der Waals surface area contributed by atoms with Gasteiger partial charge in [0.25, 0.3) is 0 Å². The highest BCUT2D eigenvalue weighted by atomic mass is 19.1. The number of anilines is 2. The molecule has 0 unspecified atom stereocenters. The number of halogens is 1. The van der Waals surface area contributed by atoms with Gasteiger partial charge in [0.2, 0.25) is 11.8 Å². The Morgan fingerprint density at radius 2 is 1.66 bits per heavy atom. The maximum Gasteiger partial charge on any atom is 0.224 e. The van der Waals surface area contributed by atoms with Crippen molar-refractivity contribution in [2.24, 2.45) is 0 Å². The summed E-state index contributed by atoms with van der Waals surface area (Å²) in [5.41, 5.74) is 2.01. The third kappa shape index (κ3) is 5.63. The van der Waals surface area contributed by atoms with Gasteiger partial charge in [-0.2, -0.15) is 0 Å². The van der Waals surface area contributed by atoms with E-state index in [9.17, 15) is 18.8 Å². The largest absolute Gasteiger partial charge is 0.368 e. The van der Waals surface area contributed by atoms with Crippen molar-refractivity contribution in [3.63, 3.8) is 0 Å². The molecule has 1 heterocycles. The number of nitrogens with one attached hydrogen (secondary N) is 1. The molecular weight excluding hydrogens is 373 g/mol. The maximum absolute atomic E-state index is 13.0. The highest BCUT2D eigenvalue weighted by Crippen LogP contribution is 2.17. The van der Waals surface area contributed by atoms with Crippen LogP contribution in [0.15, 0.2) is 48.5 Å². The molecule has 6 nitrogen and oxygen atoms in total. The average Bonchev–Trinajstić information content (AvgIpc) is 2.73. The first-order chi connectivity index (χ1) is 13.9. The molecule has 0 bridgehead atoms. The number of carbonyl (C=O) groups is 3. The number of rotatable bonds is 6. The van der Waals surface area contributed by atoms with Crippen LogP contribution in [0, 0.1) is 5.82 Å². The van der Waals surface area contributed by atoms with Crippen LogP contribution in [-0.4, -0.2) is 48.7 Å². The topological polar surface area (TPSA) is 69.7 Å². The molecule has 1 fully saturated rings. The highest BCUT2D eigenvalue weighted by Gasteiger charge is 2.21. The molecule has 29 heavy (non-hydrogen) atoms. The fraction of sp³-hybridized carbons (Fsp3) is 0.318. The van der Waals surface area contributed by atoms with Gasteiger partial charge in [0, 0.05) is 56.0 Å². The summed E-state index contributed by atoms with van der Waals surface area (Å²) >= 11 is 0. The van der Waals surface area contributed by atoms with Crippen molar-refractivity contribution in [1.82, 2.24) is 4.90 Å². The summed E-state index contributed by atoms with van der Waals surface area (Å²) in [7, 11) is 0. The van der Waals surface area contributed by atoms with Crippen LogP contribution in [0.1, 0.15) is 30.1 Å². The van der Waals surface area contributed by atoms with E-state index in [0.29, 0.717) is 37.4 Å². The number of Topliss-reactive ketones (excluding diaryl/α,β-unsaturated/α-hetero) is 1. The lowest BCUT2D eigenvalue weighted by Crippen LogP contribution is -2.48. The van der Waals surface area contributed by atoms with E-state index < -0.39 is 0 Å². The van der Waals surface area contributed by atoms with Crippen LogP contribution in [0.3, 0.4) is 0 Å². The van der Waals surface area contributed by atoms with E-state index in [0.717, 1.165) is 5.69 Å². The van der Waals surface area contributed by atoms with Crippen LogP contribution in [0.4, 0.5) is 15.8 Å². The van der Waals surface area contributed by atoms with Crippen molar-refractivity contribution in [3.05, 3.63) is 59.9 Å². The molecule has 7 heteroatoms. The lowest BCUT2D eigenvalue weighted by atomic mass is 10.1. The van der Waals surface area contributed by atoms with Crippen LogP contribution < -0.4 is 10.2 Å². The Labute approximate surface area is 169 Å². The summed E-state index contributed by atoms with van der Waals surface area (Å²) in [4.78, 5) is 39.8. The number of nitrogens with zero attached hydrogens (tertiary/aromatic N) is 2. The summed E-state index contributed by atoms with van der Waals surface area (Å²) in [5, 5.41) is 2.73. The molecule has 2 amide bonds. The molecule has 3 rings (SSSR count). The highest BCUT2D eigenvalue weighted by molar-refractivity contribution is 5.97. The molecule has 0 atom stereocenters. The number of amides is 2. The Bertz CT molecular complexity index is 890. The van der Waals surface area contributed by atoms with E-state index in [2.05, 4.69) is 10.2 Å². The first kappa shape index (κ1) is 20.5. The Kier molecular flexibility index (Phi) is 6.59. The van der Waals surface area contributed by atoms with Crippen LogP contribution in [0.2, 0.25) is 0 Å². The van der Waals surface area contributed by atoms with Crippen molar-refractivity contribution >= 4 is 29.0 Å². The summed E-state index contributed by atoms with van der Waals surface area (Å²) in [6.45, 7) is 3.94. The summed E-state index contributed by atoms with van der Waals surface area (Å²) in [6.07, 6.45) is 0.218. The molecule has 0 aliphatic carbocycles. The van der Waals surface area contributed by atoms with E-state index in [1.54, 1.807) is 41.3 Å². The first-order valence-corrected chi connectivity index (χ1v) is 9.61. The van der Waals surface area contributed by atoms with Gasteiger partial charge in [-0.15, -0.1) is 0 Å². The second-order valence-electron chi connectivity index (χ2n) is 7.03. The quantitative estimate of drug-likeness (QED) is 0.761. The fourth-order valence-electron chi connectivity index (χ4n) is 3.28. The normalized spacial score (nSPS) is 13.9. The standard InChI is InChI=1S/C22H24FN3O3/c1-16(27)17-3-2-4-19(15-17)24-21(28)9-10-22(29)26-13-11-25(12-14-26)20-7-5-18(23)6-8-20/h2-8,15H,9-14H2,1H3,(H,24,28). The monoisotopic (exact) mass is 397 g/mol.